The summed E-state index contributed by atoms with van der Waals surface area (Å²) in [7, 11) is -0.657. The Kier molecular flexibility index (Phi) is 3.30. The number of pyridine rings is 2. The smallest absolute Gasteiger partial charge is 0.112 e. The lowest BCUT2D eigenvalue weighted by Crippen LogP contribution is -2.37. The third kappa shape index (κ3) is 2.27. The lowest BCUT2D eigenvalue weighted by atomic mass is 10.2. The molecule has 94 valence electrons. The zero-order valence-electron chi connectivity index (χ0n) is 9.67. The van der Waals surface area contributed by atoms with Gasteiger partial charge >= 0.3 is 0 Å². The Morgan fingerprint density at radius 3 is 2.83 bits per heavy atom. The molecule has 0 amide bonds. The largest absolute Gasteiger partial charge is 0.368 e. The summed E-state index contributed by atoms with van der Waals surface area (Å²) < 4.78 is 12.3. The van der Waals surface area contributed by atoms with E-state index in [0.717, 1.165) is 45.8 Å². The number of fused-ring (bicyclic) bond motifs is 1. The van der Waals surface area contributed by atoms with Crippen molar-refractivity contribution in [3.8, 4) is 0 Å². The summed E-state index contributed by atoms with van der Waals surface area (Å²) in [5, 5.41) is 0. The molecule has 3 rings (SSSR count). The maximum absolute atomic E-state index is 11.4. The van der Waals surface area contributed by atoms with Gasteiger partial charge in [0, 0.05) is 52.3 Å². The number of aromatic nitrogens is 2. The fraction of sp³-hybridized carbons (Fsp3) is 0.333. The summed E-state index contributed by atoms with van der Waals surface area (Å²) in [5.41, 5.74) is 2.88. The molecule has 0 saturated carbocycles. The van der Waals surface area contributed by atoms with Gasteiger partial charge in [0.1, 0.15) is 5.52 Å². The van der Waals surface area contributed by atoms with Gasteiger partial charge in [-0.1, -0.05) is 0 Å². The van der Waals surface area contributed by atoms with Crippen LogP contribution in [-0.4, -0.2) is 38.8 Å². The van der Waals surface area contributed by atoms with E-state index in [-0.39, 0.29) is 0 Å². The minimum Gasteiger partial charge on any atom is -0.368 e. The molecular formula is C12H12BrN3OS. The minimum atomic E-state index is -0.657. The fourth-order valence-electron chi connectivity index (χ4n) is 2.13. The number of hydrogen-bond acceptors (Lipinski definition) is 4. The van der Waals surface area contributed by atoms with Crippen LogP contribution in [0.2, 0.25) is 0 Å². The van der Waals surface area contributed by atoms with Crippen LogP contribution in [0.25, 0.3) is 11.0 Å². The molecule has 6 heteroatoms. The average molecular weight is 326 g/mol. The highest BCUT2D eigenvalue weighted by atomic mass is 79.9. The summed E-state index contributed by atoms with van der Waals surface area (Å²) in [6.07, 6.45) is 3.59. The summed E-state index contributed by atoms with van der Waals surface area (Å²) in [6, 6.07) is 3.95. The van der Waals surface area contributed by atoms with Crippen LogP contribution >= 0.6 is 15.9 Å². The van der Waals surface area contributed by atoms with Crippen molar-refractivity contribution in [3.63, 3.8) is 0 Å². The van der Waals surface area contributed by atoms with Crippen molar-refractivity contribution in [1.82, 2.24) is 9.97 Å². The third-order valence-corrected chi connectivity index (χ3v) is 4.75. The molecule has 0 N–H and O–H groups in total. The summed E-state index contributed by atoms with van der Waals surface area (Å²) in [5.74, 6) is 1.47. The van der Waals surface area contributed by atoms with E-state index >= 15 is 0 Å². The number of nitrogens with zero attached hydrogens (tertiary/aromatic N) is 3. The first-order valence-corrected chi connectivity index (χ1v) is 8.02. The Morgan fingerprint density at radius 2 is 2.06 bits per heavy atom. The lowest BCUT2D eigenvalue weighted by molar-refractivity contribution is 0.673. The Balaban J connectivity index is 2.03. The molecule has 0 unspecified atom stereocenters. The fourth-order valence-corrected chi connectivity index (χ4v) is 3.50. The second kappa shape index (κ2) is 4.93. The Morgan fingerprint density at radius 1 is 1.28 bits per heavy atom. The van der Waals surface area contributed by atoms with Gasteiger partial charge in [-0.05, 0) is 28.1 Å². The Bertz CT molecular complexity index is 609. The molecule has 0 aromatic carbocycles. The van der Waals surface area contributed by atoms with E-state index in [1.807, 2.05) is 12.1 Å². The van der Waals surface area contributed by atoms with Crippen molar-refractivity contribution < 1.29 is 4.21 Å². The second-order valence-electron chi connectivity index (χ2n) is 4.19. The summed E-state index contributed by atoms with van der Waals surface area (Å²) >= 11 is 3.40. The van der Waals surface area contributed by atoms with E-state index < -0.39 is 10.8 Å². The van der Waals surface area contributed by atoms with Gasteiger partial charge in [0.05, 0.1) is 11.2 Å². The van der Waals surface area contributed by atoms with E-state index in [2.05, 4.69) is 30.8 Å². The van der Waals surface area contributed by atoms with E-state index in [9.17, 15) is 4.21 Å². The average Bonchev–Trinajstić information content (AvgIpc) is 2.38. The standard InChI is InChI=1S/C12H12BrN3OS/c13-9-7-10-12(15-8-9)11(1-2-14-10)16-3-5-18(17)6-4-16/h1-2,7-8H,3-6H2. The van der Waals surface area contributed by atoms with Crippen molar-refractivity contribution in [2.45, 2.75) is 0 Å². The molecule has 0 aliphatic carbocycles. The number of anilines is 1. The maximum atomic E-state index is 11.4. The SMILES string of the molecule is O=S1CCN(c2ccnc3cc(Br)cnc23)CC1. The van der Waals surface area contributed by atoms with Crippen LogP contribution in [-0.2, 0) is 10.8 Å². The van der Waals surface area contributed by atoms with Crippen molar-refractivity contribution in [2.75, 3.05) is 29.5 Å². The van der Waals surface area contributed by atoms with Crippen LogP contribution in [0.4, 0.5) is 5.69 Å². The molecule has 18 heavy (non-hydrogen) atoms. The van der Waals surface area contributed by atoms with Gasteiger partial charge in [-0.25, -0.2) is 0 Å². The highest BCUT2D eigenvalue weighted by Crippen LogP contribution is 2.26. The van der Waals surface area contributed by atoms with E-state index in [1.165, 1.54) is 0 Å². The highest BCUT2D eigenvalue weighted by molar-refractivity contribution is 9.10. The molecule has 1 saturated heterocycles. The summed E-state index contributed by atoms with van der Waals surface area (Å²) in [6.45, 7) is 1.65. The van der Waals surface area contributed by atoms with Gasteiger partial charge in [-0.2, -0.15) is 0 Å². The molecule has 0 atom stereocenters. The maximum Gasteiger partial charge on any atom is 0.112 e. The Hall–Kier alpha value is -1.01. The van der Waals surface area contributed by atoms with Crippen molar-refractivity contribution in [3.05, 3.63) is 29.0 Å². The lowest BCUT2D eigenvalue weighted by Gasteiger charge is -2.28. The first kappa shape index (κ1) is 12.0. The highest BCUT2D eigenvalue weighted by Gasteiger charge is 2.18. The number of halogens is 1. The Labute approximate surface area is 116 Å². The molecule has 1 fully saturated rings. The van der Waals surface area contributed by atoms with Gasteiger partial charge < -0.3 is 4.90 Å². The molecule has 0 bridgehead atoms. The number of rotatable bonds is 1. The molecular weight excluding hydrogens is 314 g/mol. The van der Waals surface area contributed by atoms with Gasteiger partial charge in [0.25, 0.3) is 0 Å². The van der Waals surface area contributed by atoms with Gasteiger partial charge in [0.2, 0.25) is 0 Å². The first-order valence-electron chi connectivity index (χ1n) is 5.74. The van der Waals surface area contributed by atoms with Crippen molar-refractivity contribution in [2.24, 2.45) is 0 Å². The molecule has 1 aliphatic rings. The van der Waals surface area contributed by atoms with Crippen LogP contribution in [0, 0.1) is 0 Å². The summed E-state index contributed by atoms with van der Waals surface area (Å²) in [4.78, 5) is 11.0. The van der Waals surface area contributed by atoms with Crippen molar-refractivity contribution >= 4 is 43.5 Å². The van der Waals surface area contributed by atoms with E-state index in [4.69, 9.17) is 0 Å². The predicted molar refractivity (Wildman–Crippen MR) is 77.3 cm³/mol. The number of hydrogen-bond donors (Lipinski definition) is 0. The zero-order valence-corrected chi connectivity index (χ0v) is 12.1. The molecule has 1 aliphatic heterocycles. The molecule has 0 spiro atoms. The molecule has 4 nitrogen and oxygen atoms in total. The molecule has 3 heterocycles. The monoisotopic (exact) mass is 325 g/mol. The normalized spacial score (nSPS) is 17.3. The minimum absolute atomic E-state index is 0.657. The van der Waals surface area contributed by atoms with Crippen LogP contribution in [0.5, 0.6) is 0 Å². The quantitative estimate of drug-likeness (QED) is 0.804. The molecule has 2 aromatic rings. The third-order valence-electron chi connectivity index (χ3n) is 3.04. The topological polar surface area (TPSA) is 46.1 Å². The molecule has 0 radical (unpaired) electrons. The van der Waals surface area contributed by atoms with Crippen LogP contribution in [0.15, 0.2) is 29.0 Å². The molecule has 2 aromatic heterocycles. The van der Waals surface area contributed by atoms with Gasteiger partial charge in [0.15, 0.2) is 0 Å². The van der Waals surface area contributed by atoms with Crippen LogP contribution in [0.3, 0.4) is 0 Å². The van der Waals surface area contributed by atoms with Gasteiger partial charge in [-0.3, -0.25) is 14.2 Å². The first-order chi connectivity index (χ1) is 8.74. The second-order valence-corrected chi connectivity index (χ2v) is 6.80. The van der Waals surface area contributed by atoms with Gasteiger partial charge in [-0.15, -0.1) is 0 Å². The van der Waals surface area contributed by atoms with Crippen LogP contribution < -0.4 is 4.90 Å². The predicted octanol–water partition coefficient (Wildman–Crippen LogP) is 1.96. The van der Waals surface area contributed by atoms with E-state index in [1.54, 1.807) is 12.4 Å². The van der Waals surface area contributed by atoms with E-state index in [0.29, 0.717) is 0 Å². The zero-order chi connectivity index (χ0) is 12.5. The van der Waals surface area contributed by atoms with Crippen molar-refractivity contribution in [1.29, 1.82) is 0 Å². The van der Waals surface area contributed by atoms with Crippen LogP contribution in [0.1, 0.15) is 0 Å².